The maximum Gasteiger partial charge on any atom is 0.390 e. The topological polar surface area (TPSA) is 60.7 Å². The number of hydrogen-bond donors (Lipinski definition) is 3. The molecular weight excluding hydrogens is 350 g/mol. The molecule has 0 saturated carbocycles. The van der Waals surface area contributed by atoms with Gasteiger partial charge in [-0.1, -0.05) is 65.8 Å². The summed E-state index contributed by atoms with van der Waals surface area (Å²) < 4.78 is 0. The predicted molar refractivity (Wildman–Crippen MR) is 78.8 cm³/mol. The minimum absolute atomic E-state index is 0. The Bertz CT molecular complexity index is 336. The van der Waals surface area contributed by atoms with Crippen molar-refractivity contribution < 1.29 is 34.2 Å². The van der Waals surface area contributed by atoms with E-state index in [2.05, 4.69) is 65.8 Å². The van der Waals surface area contributed by atoms with Crippen LogP contribution in [0, 0.1) is 0 Å². The summed E-state index contributed by atoms with van der Waals surface area (Å²) in [5, 5.41) is 0. The Morgan fingerprint density at radius 2 is 1.05 bits per heavy atom. The van der Waals surface area contributed by atoms with Gasteiger partial charge < -0.3 is 0 Å². The van der Waals surface area contributed by atoms with Gasteiger partial charge in [0.15, 0.2) is 0 Å². The molecule has 0 unspecified atom stereocenters. The maximum absolute atomic E-state index is 7.27. The molecule has 0 amide bonds. The Balaban J connectivity index is 0. The van der Waals surface area contributed by atoms with Gasteiger partial charge in [-0.05, 0) is 22.0 Å². The Morgan fingerprint density at radius 1 is 0.789 bits per heavy atom. The second-order valence-electron chi connectivity index (χ2n) is 6.38. The fourth-order valence-corrected chi connectivity index (χ4v) is 1.45. The molecule has 0 fully saturated rings. The second-order valence-corrected chi connectivity index (χ2v) is 6.98. The number of benzene rings is 1. The Labute approximate surface area is 130 Å². The van der Waals surface area contributed by atoms with Gasteiger partial charge in [-0.15, -0.1) is 0 Å². The molecule has 0 aliphatic rings. The third kappa shape index (κ3) is 9.65. The molecule has 5 heteroatoms. The first kappa shape index (κ1) is 21.5. The standard InChI is InChI=1S/C14H22.H4O3P.Rh/c1-13(2,3)11-8-7-9-12(10-11)14(4,5)6;1-4(2)3;/h7-10H,1-6H3;1-4H;/q;+1;. The van der Waals surface area contributed by atoms with Crippen molar-refractivity contribution in [2.24, 2.45) is 0 Å². The molecule has 1 radical (unpaired) electrons. The van der Waals surface area contributed by atoms with Gasteiger partial charge in [-0.25, -0.2) is 0 Å². The zero-order chi connectivity index (χ0) is 14.6. The summed E-state index contributed by atoms with van der Waals surface area (Å²) in [5.74, 6) is 0. The molecule has 3 N–H and O–H groups in total. The van der Waals surface area contributed by atoms with Gasteiger partial charge in [-0.2, -0.15) is 14.7 Å². The third-order valence-corrected chi connectivity index (χ3v) is 2.59. The van der Waals surface area contributed by atoms with Crippen LogP contribution in [0.15, 0.2) is 24.3 Å². The molecule has 0 aliphatic carbocycles. The first-order valence-electron chi connectivity index (χ1n) is 5.99. The second kappa shape index (κ2) is 8.44. The van der Waals surface area contributed by atoms with E-state index in [1.165, 1.54) is 11.1 Å². The van der Waals surface area contributed by atoms with Gasteiger partial charge in [-0.3, -0.25) is 0 Å². The predicted octanol–water partition coefficient (Wildman–Crippen LogP) is 3.20. The summed E-state index contributed by atoms with van der Waals surface area (Å²) in [6.07, 6.45) is 0. The van der Waals surface area contributed by atoms with Gasteiger partial charge in [0.2, 0.25) is 0 Å². The van der Waals surface area contributed by atoms with Gasteiger partial charge >= 0.3 is 8.60 Å². The van der Waals surface area contributed by atoms with Crippen LogP contribution in [0.25, 0.3) is 0 Å². The molecular formula is C14H26O3PRh+. The molecule has 1 aromatic carbocycles. The van der Waals surface area contributed by atoms with E-state index in [0.29, 0.717) is 0 Å². The van der Waals surface area contributed by atoms with Crippen molar-refractivity contribution >= 4 is 8.60 Å². The first-order valence-corrected chi connectivity index (χ1v) is 7.33. The Morgan fingerprint density at radius 3 is 1.26 bits per heavy atom. The summed E-state index contributed by atoms with van der Waals surface area (Å²) in [7, 11) is -2.88. The third-order valence-electron chi connectivity index (χ3n) is 2.59. The molecule has 0 atom stereocenters. The fraction of sp³-hybridized carbons (Fsp3) is 0.571. The molecule has 0 spiro atoms. The number of hydrogen-bond acceptors (Lipinski definition) is 3. The van der Waals surface area contributed by atoms with Crippen LogP contribution in [0.5, 0.6) is 0 Å². The van der Waals surface area contributed by atoms with Crippen LogP contribution in [-0.4, -0.2) is 14.7 Å². The fourth-order valence-electron chi connectivity index (χ4n) is 1.45. The van der Waals surface area contributed by atoms with E-state index >= 15 is 0 Å². The Kier molecular flexibility index (Phi) is 9.53. The van der Waals surface area contributed by atoms with Crippen LogP contribution in [0.1, 0.15) is 52.7 Å². The van der Waals surface area contributed by atoms with Crippen LogP contribution in [0.4, 0.5) is 0 Å². The quantitative estimate of drug-likeness (QED) is 0.482. The largest absolute Gasteiger partial charge is 0.390 e. The summed E-state index contributed by atoms with van der Waals surface area (Å²) in [6.45, 7) is 13.6. The summed E-state index contributed by atoms with van der Waals surface area (Å²) in [4.78, 5) is 21.8. The molecule has 1 rings (SSSR count). The van der Waals surface area contributed by atoms with Crippen molar-refractivity contribution in [2.45, 2.75) is 52.4 Å². The van der Waals surface area contributed by atoms with E-state index in [-0.39, 0.29) is 30.3 Å². The SMILES string of the molecule is CC(C)(C)c1cccc(C(C)(C)C)c1.O[PH+](O)O.[Rh]. The summed E-state index contributed by atoms with van der Waals surface area (Å²) in [6, 6.07) is 8.94. The molecule has 113 valence electrons. The van der Waals surface area contributed by atoms with Gasteiger partial charge in [0, 0.05) is 19.5 Å². The van der Waals surface area contributed by atoms with E-state index < -0.39 is 8.60 Å². The monoisotopic (exact) mass is 376 g/mol. The normalized spacial score (nSPS) is 11.5. The molecule has 19 heavy (non-hydrogen) atoms. The molecule has 1 aromatic rings. The molecule has 0 saturated heterocycles. The van der Waals surface area contributed by atoms with Gasteiger partial charge in [0.25, 0.3) is 0 Å². The van der Waals surface area contributed by atoms with Crippen LogP contribution in [0.2, 0.25) is 0 Å². The van der Waals surface area contributed by atoms with Crippen LogP contribution < -0.4 is 0 Å². The summed E-state index contributed by atoms with van der Waals surface area (Å²) >= 11 is 0. The molecule has 0 bridgehead atoms. The van der Waals surface area contributed by atoms with E-state index in [0.717, 1.165) is 0 Å². The van der Waals surface area contributed by atoms with Crippen molar-refractivity contribution in [3.05, 3.63) is 35.4 Å². The minimum Gasteiger partial charge on any atom is -0.195 e. The molecule has 0 aromatic heterocycles. The van der Waals surface area contributed by atoms with Crippen molar-refractivity contribution in [1.82, 2.24) is 0 Å². The van der Waals surface area contributed by atoms with Crippen molar-refractivity contribution in [3.63, 3.8) is 0 Å². The summed E-state index contributed by atoms with van der Waals surface area (Å²) in [5.41, 5.74) is 3.34. The zero-order valence-corrected chi connectivity index (χ0v) is 15.1. The average Bonchev–Trinajstić information content (AvgIpc) is 2.14. The minimum atomic E-state index is -2.88. The van der Waals surface area contributed by atoms with Crippen molar-refractivity contribution in [3.8, 4) is 0 Å². The van der Waals surface area contributed by atoms with Crippen molar-refractivity contribution in [1.29, 1.82) is 0 Å². The molecule has 3 nitrogen and oxygen atoms in total. The van der Waals surface area contributed by atoms with Crippen molar-refractivity contribution in [2.75, 3.05) is 0 Å². The van der Waals surface area contributed by atoms with Crippen LogP contribution >= 0.6 is 8.60 Å². The smallest absolute Gasteiger partial charge is 0.195 e. The number of rotatable bonds is 0. The average molecular weight is 376 g/mol. The van der Waals surface area contributed by atoms with Crippen LogP contribution in [0.3, 0.4) is 0 Å². The zero-order valence-electron chi connectivity index (χ0n) is 12.5. The molecule has 0 aliphatic heterocycles. The van der Waals surface area contributed by atoms with Gasteiger partial charge in [0.05, 0.1) is 0 Å². The first-order chi connectivity index (χ1) is 7.94. The van der Waals surface area contributed by atoms with E-state index in [4.69, 9.17) is 14.7 Å². The van der Waals surface area contributed by atoms with E-state index in [9.17, 15) is 0 Å². The van der Waals surface area contributed by atoms with Gasteiger partial charge in [0.1, 0.15) is 0 Å². The van der Waals surface area contributed by atoms with Crippen LogP contribution in [-0.2, 0) is 30.3 Å². The van der Waals surface area contributed by atoms with E-state index in [1.54, 1.807) is 0 Å². The Hall–Kier alpha value is 0.153. The van der Waals surface area contributed by atoms with E-state index in [1.807, 2.05) is 0 Å². The maximum atomic E-state index is 7.27. The molecule has 0 heterocycles.